The van der Waals surface area contributed by atoms with Crippen molar-refractivity contribution < 1.29 is 17.9 Å². The summed E-state index contributed by atoms with van der Waals surface area (Å²) in [5.74, 6) is 1.63. The van der Waals surface area contributed by atoms with Crippen molar-refractivity contribution in [3.8, 4) is 5.75 Å². The second-order valence-electron chi connectivity index (χ2n) is 9.17. The molecule has 0 aliphatic heterocycles. The Balaban J connectivity index is 1.49. The summed E-state index contributed by atoms with van der Waals surface area (Å²) >= 11 is 6.03. The van der Waals surface area contributed by atoms with Crippen LogP contribution in [0.15, 0.2) is 48.5 Å². The number of hydrogen-bond acceptors (Lipinski definition) is 1. The molecule has 0 amide bonds. The first-order chi connectivity index (χ1) is 14.1. The van der Waals surface area contributed by atoms with Gasteiger partial charge in [-0.3, -0.25) is 0 Å². The zero-order chi connectivity index (χ0) is 21.8. The van der Waals surface area contributed by atoms with E-state index in [1.165, 1.54) is 30.5 Å². The summed E-state index contributed by atoms with van der Waals surface area (Å²) in [4.78, 5) is 0. The van der Waals surface area contributed by atoms with Crippen LogP contribution >= 0.6 is 11.6 Å². The summed E-state index contributed by atoms with van der Waals surface area (Å²) in [6.45, 7) is 5.16. The van der Waals surface area contributed by atoms with E-state index in [1.54, 1.807) is 0 Å². The van der Waals surface area contributed by atoms with Gasteiger partial charge in [0.1, 0.15) is 5.75 Å². The fourth-order valence-electron chi connectivity index (χ4n) is 4.52. The Morgan fingerprint density at radius 2 is 1.40 bits per heavy atom. The molecule has 0 saturated heterocycles. The molecule has 2 unspecified atom stereocenters. The lowest BCUT2D eigenvalue weighted by Crippen LogP contribution is -2.21. The predicted octanol–water partition coefficient (Wildman–Crippen LogP) is 8.30. The van der Waals surface area contributed by atoms with E-state index in [2.05, 4.69) is 26.0 Å². The standard InChI is InChI=1S/C25H30ClF3O/c1-24(2,20-8-12-22(26)13-9-20)16-18-4-3-5-19(7-6-18)17-30-23-14-10-21(11-15-23)25(27,28)29/h8-15,18-19H,3-7,16-17H2,1-2H3. The number of rotatable bonds is 6. The van der Waals surface area contributed by atoms with Gasteiger partial charge in [0.05, 0.1) is 12.2 Å². The minimum Gasteiger partial charge on any atom is -0.493 e. The molecule has 1 aliphatic rings. The molecule has 0 spiro atoms. The van der Waals surface area contributed by atoms with Crippen molar-refractivity contribution in [1.82, 2.24) is 0 Å². The average Bonchev–Trinajstić information content (AvgIpc) is 2.91. The Labute approximate surface area is 182 Å². The Kier molecular flexibility index (Phi) is 7.38. The first-order valence-corrected chi connectivity index (χ1v) is 11.1. The van der Waals surface area contributed by atoms with Crippen LogP contribution in [0.3, 0.4) is 0 Å². The van der Waals surface area contributed by atoms with E-state index in [-0.39, 0.29) is 5.41 Å². The summed E-state index contributed by atoms with van der Waals surface area (Å²) in [7, 11) is 0. The monoisotopic (exact) mass is 438 g/mol. The van der Waals surface area contributed by atoms with Gasteiger partial charge in [-0.1, -0.05) is 56.8 Å². The lowest BCUT2D eigenvalue weighted by Gasteiger charge is -2.30. The predicted molar refractivity (Wildman–Crippen MR) is 116 cm³/mol. The highest BCUT2D eigenvalue weighted by molar-refractivity contribution is 6.30. The molecule has 0 heterocycles. The second-order valence-corrected chi connectivity index (χ2v) is 9.60. The van der Waals surface area contributed by atoms with Gasteiger partial charge in [0.25, 0.3) is 0 Å². The Morgan fingerprint density at radius 3 is 2.03 bits per heavy atom. The molecule has 2 aromatic carbocycles. The number of hydrogen-bond donors (Lipinski definition) is 0. The van der Waals surface area contributed by atoms with Crippen LogP contribution in [0.4, 0.5) is 13.2 Å². The highest BCUT2D eigenvalue weighted by Crippen LogP contribution is 2.38. The number of halogens is 4. The molecule has 0 radical (unpaired) electrons. The maximum atomic E-state index is 12.7. The van der Waals surface area contributed by atoms with Crippen LogP contribution in [-0.4, -0.2) is 6.61 Å². The summed E-state index contributed by atoms with van der Waals surface area (Å²) in [5, 5.41) is 0.764. The topological polar surface area (TPSA) is 9.23 Å². The van der Waals surface area contributed by atoms with Crippen molar-refractivity contribution in [2.24, 2.45) is 11.8 Å². The summed E-state index contributed by atoms with van der Waals surface area (Å²) in [6, 6.07) is 13.2. The van der Waals surface area contributed by atoms with E-state index in [4.69, 9.17) is 16.3 Å². The first kappa shape index (κ1) is 23.0. The summed E-state index contributed by atoms with van der Waals surface area (Å²) in [6.07, 6.45) is 2.59. The number of benzene rings is 2. The van der Waals surface area contributed by atoms with Crippen molar-refractivity contribution in [3.63, 3.8) is 0 Å². The fraction of sp³-hybridized carbons (Fsp3) is 0.520. The van der Waals surface area contributed by atoms with Gasteiger partial charge < -0.3 is 4.74 Å². The minimum absolute atomic E-state index is 0.103. The quantitative estimate of drug-likeness (QED) is 0.412. The van der Waals surface area contributed by atoms with Gasteiger partial charge >= 0.3 is 6.18 Å². The van der Waals surface area contributed by atoms with Crippen molar-refractivity contribution in [2.75, 3.05) is 6.61 Å². The zero-order valence-electron chi connectivity index (χ0n) is 17.6. The van der Waals surface area contributed by atoms with Crippen LogP contribution in [0.5, 0.6) is 5.75 Å². The SMILES string of the molecule is CC(C)(CC1CCCC(COc2ccc(C(F)(F)F)cc2)CC1)c1ccc(Cl)cc1. The molecule has 0 bridgehead atoms. The molecular formula is C25H30ClF3O. The molecule has 2 aromatic rings. The second kappa shape index (κ2) is 9.64. The molecule has 0 N–H and O–H groups in total. The molecular weight excluding hydrogens is 409 g/mol. The molecule has 3 rings (SSSR count). The molecule has 0 aromatic heterocycles. The van der Waals surface area contributed by atoms with Crippen LogP contribution in [-0.2, 0) is 11.6 Å². The van der Waals surface area contributed by atoms with Gasteiger partial charge in [-0.05, 0) is 78.5 Å². The van der Waals surface area contributed by atoms with Crippen LogP contribution in [0.25, 0.3) is 0 Å². The van der Waals surface area contributed by atoms with Gasteiger partial charge in [0, 0.05) is 5.02 Å². The van der Waals surface area contributed by atoms with Crippen LogP contribution in [0, 0.1) is 11.8 Å². The van der Waals surface area contributed by atoms with E-state index in [0.29, 0.717) is 24.2 Å². The highest BCUT2D eigenvalue weighted by Gasteiger charge is 2.30. The fourth-order valence-corrected chi connectivity index (χ4v) is 4.65. The molecule has 2 atom stereocenters. The van der Waals surface area contributed by atoms with Gasteiger partial charge in [0.2, 0.25) is 0 Å². The van der Waals surface area contributed by atoms with Crippen molar-refractivity contribution >= 4 is 11.6 Å². The van der Waals surface area contributed by atoms with Gasteiger partial charge in [-0.25, -0.2) is 0 Å². The zero-order valence-corrected chi connectivity index (χ0v) is 18.4. The third kappa shape index (κ3) is 6.41. The number of ether oxygens (including phenoxy) is 1. The highest BCUT2D eigenvalue weighted by atomic mass is 35.5. The van der Waals surface area contributed by atoms with Crippen LogP contribution < -0.4 is 4.74 Å². The minimum atomic E-state index is -4.31. The van der Waals surface area contributed by atoms with Crippen molar-refractivity contribution in [1.29, 1.82) is 0 Å². The number of alkyl halides is 3. The molecule has 164 valence electrons. The maximum Gasteiger partial charge on any atom is 0.416 e. The summed E-state index contributed by atoms with van der Waals surface area (Å²) < 4.78 is 43.8. The Bertz CT molecular complexity index is 797. The summed E-state index contributed by atoms with van der Waals surface area (Å²) in [5.41, 5.74) is 0.778. The van der Waals surface area contributed by atoms with Crippen LogP contribution in [0.2, 0.25) is 5.02 Å². The Morgan fingerprint density at radius 1 is 0.833 bits per heavy atom. The smallest absolute Gasteiger partial charge is 0.416 e. The van der Waals surface area contributed by atoms with Crippen molar-refractivity contribution in [2.45, 2.75) is 64.0 Å². The largest absolute Gasteiger partial charge is 0.493 e. The molecule has 5 heteroatoms. The van der Waals surface area contributed by atoms with E-state index in [0.717, 1.165) is 42.8 Å². The maximum absolute atomic E-state index is 12.7. The molecule has 1 nitrogen and oxygen atoms in total. The first-order valence-electron chi connectivity index (χ1n) is 10.7. The molecule has 30 heavy (non-hydrogen) atoms. The van der Waals surface area contributed by atoms with E-state index >= 15 is 0 Å². The molecule has 1 fully saturated rings. The third-order valence-corrected chi connectivity index (χ3v) is 6.55. The van der Waals surface area contributed by atoms with Crippen molar-refractivity contribution in [3.05, 3.63) is 64.7 Å². The van der Waals surface area contributed by atoms with Gasteiger partial charge in [0.15, 0.2) is 0 Å². The van der Waals surface area contributed by atoms with E-state index < -0.39 is 11.7 Å². The van der Waals surface area contributed by atoms with Crippen LogP contribution in [0.1, 0.15) is 63.5 Å². The van der Waals surface area contributed by atoms with E-state index in [9.17, 15) is 13.2 Å². The lowest BCUT2D eigenvalue weighted by atomic mass is 9.75. The molecule has 1 saturated carbocycles. The molecule has 1 aliphatic carbocycles. The average molecular weight is 439 g/mol. The lowest BCUT2D eigenvalue weighted by molar-refractivity contribution is -0.137. The van der Waals surface area contributed by atoms with Gasteiger partial charge in [-0.15, -0.1) is 0 Å². The van der Waals surface area contributed by atoms with Gasteiger partial charge in [-0.2, -0.15) is 13.2 Å². The normalized spacial score (nSPS) is 20.6. The van der Waals surface area contributed by atoms with E-state index in [1.807, 2.05) is 12.1 Å². The Hall–Kier alpha value is -1.68. The third-order valence-electron chi connectivity index (χ3n) is 6.30.